The van der Waals surface area contributed by atoms with Gasteiger partial charge in [-0.3, -0.25) is 0 Å². The molecule has 3 unspecified atom stereocenters. The van der Waals surface area contributed by atoms with Crippen LogP contribution in [0.3, 0.4) is 0 Å². The summed E-state index contributed by atoms with van der Waals surface area (Å²) in [6.45, 7) is 0. The normalized spacial score (nSPS) is 33.7. The van der Waals surface area contributed by atoms with Gasteiger partial charge in [-0.25, -0.2) is 0 Å². The van der Waals surface area contributed by atoms with Gasteiger partial charge >= 0.3 is 0 Å². The minimum atomic E-state index is -0.00407. The predicted octanol–water partition coefficient (Wildman–Crippen LogP) is 4.70. The maximum atomic E-state index is 6.44. The predicted molar refractivity (Wildman–Crippen MR) is 79.1 cm³/mol. The summed E-state index contributed by atoms with van der Waals surface area (Å²) in [5.41, 5.74) is 3.63. The molecule has 0 radical (unpaired) electrons. The van der Waals surface area contributed by atoms with Crippen LogP contribution in [-0.2, 0) is 0 Å². The van der Waals surface area contributed by atoms with Gasteiger partial charge in [-0.2, -0.15) is 0 Å². The zero-order chi connectivity index (χ0) is 12.5. The largest absolute Gasteiger partial charge is 0.117 e. The highest BCUT2D eigenvalue weighted by molar-refractivity contribution is 6.23. The van der Waals surface area contributed by atoms with Crippen LogP contribution in [0.5, 0.6) is 0 Å². The first-order chi connectivity index (χ1) is 8.75. The van der Waals surface area contributed by atoms with Crippen LogP contribution >= 0.6 is 23.2 Å². The first-order valence-electron chi connectivity index (χ1n) is 6.19. The van der Waals surface area contributed by atoms with Gasteiger partial charge in [-0.1, -0.05) is 54.7 Å². The van der Waals surface area contributed by atoms with Crippen molar-refractivity contribution in [2.75, 3.05) is 0 Å². The van der Waals surface area contributed by atoms with Crippen LogP contribution in [0.1, 0.15) is 6.42 Å². The van der Waals surface area contributed by atoms with Crippen molar-refractivity contribution in [1.29, 1.82) is 0 Å². The van der Waals surface area contributed by atoms with Crippen LogP contribution in [0.2, 0.25) is 0 Å². The Morgan fingerprint density at radius 3 is 2.78 bits per heavy atom. The molecule has 3 aliphatic rings. The fourth-order valence-electron chi connectivity index (χ4n) is 2.55. The van der Waals surface area contributed by atoms with E-state index in [1.807, 2.05) is 0 Å². The highest BCUT2D eigenvalue weighted by Gasteiger charge is 2.23. The molecule has 0 aromatic heterocycles. The highest BCUT2D eigenvalue weighted by atomic mass is 35.5. The second-order valence-corrected chi connectivity index (χ2v) is 5.76. The fourth-order valence-corrected chi connectivity index (χ4v) is 3.14. The lowest BCUT2D eigenvalue weighted by atomic mass is 9.84. The number of hydrogen-bond donors (Lipinski definition) is 0. The Balaban J connectivity index is 2.12. The van der Waals surface area contributed by atoms with Crippen molar-refractivity contribution in [3.8, 4) is 0 Å². The van der Waals surface area contributed by atoms with E-state index in [-0.39, 0.29) is 16.7 Å². The number of alkyl halides is 2. The molecular weight excluding hydrogens is 263 g/mol. The third-order valence-corrected chi connectivity index (χ3v) is 4.37. The van der Waals surface area contributed by atoms with Gasteiger partial charge in [0.1, 0.15) is 0 Å². The minimum absolute atomic E-state index is 0.00407. The Labute approximate surface area is 118 Å². The molecule has 0 bridgehead atoms. The van der Waals surface area contributed by atoms with Crippen molar-refractivity contribution in [2.45, 2.75) is 17.2 Å². The molecule has 0 amide bonds. The lowest BCUT2D eigenvalue weighted by Gasteiger charge is -2.25. The SMILES string of the molecule is ClC1CC=CC2=C1C=C1C=CC=CC1C(Cl)C=C2. The summed E-state index contributed by atoms with van der Waals surface area (Å²) in [6.07, 6.45) is 19.9. The second-order valence-electron chi connectivity index (χ2n) is 4.73. The first-order valence-corrected chi connectivity index (χ1v) is 7.06. The Morgan fingerprint density at radius 1 is 1.00 bits per heavy atom. The van der Waals surface area contributed by atoms with Crippen LogP contribution in [0, 0.1) is 5.92 Å². The van der Waals surface area contributed by atoms with Gasteiger partial charge in [0, 0.05) is 5.92 Å². The van der Waals surface area contributed by atoms with E-state index in [2.05, 4.69) is 54.7 Å². The molecule has 18 heavy (non-hydrogen) atoms. The van der Waals surface area contributed by atoms with Crippen molar-refractivity contribution >= 4 is 23.2 Å². The number of hydrogen-bond acceptors (Lipinski definition) is 0. The smallest absolute Gasteiger partial charge is 0.0625 e. The molecule has 0 heterocycles. The van der Waals surface area contributed by atoms with E-state index >= 15 is 0 Å². The topological polar surface area (TPSA) is 0 Å². The molecule has 0 aliphatic heterocycles. The average Bonchev–Trinajstić information content (AvgIpc) is 2.38. The molecule has 3 rings (SSSR count). The lowest BCUT2D eigenvalue weighted by molar-refractivity contribution is 0.790. The van der Waals surface area contributed by atoms with Gasteiger partial charge < -0.3 is 0 Å². The van der Waals surface area contributed by atoms with E-state index in [0.29, 0.717) is 0 Å². The standard InChI is InChI=1S/C16H14Cl2/c17-15-7-3-5-11-8-9-16(18)13-6-2-1-4-12(13)10-14(11)15/h1-6,8-10,13,15-16H,7H2. The molecule has 0 spiro atoms. The molecular formula is C16H14Cl2. The van der Waals surface area contributed by atoms with Crippen molar-refractivity contribution in [2.24, 2.45) is 5.92 Å². The zero-order valence-electron chi connectivity index (χ0n) is 9.89. The maximum absolute atomic E-state index is 6.44. The molecule has 2 heteroatoms. The zero-order valence-corrected chi connectivity index (χ0v) is 11.4. The molecule has 0 aromatic rings. The van der Waals surface area contributed by atoms with Crippen LogP contribution < -0.4 is 0 Å². The minimum Gasteiger partial charge on any atom is -0.117 e. The molecule has 0 nitrogen and oxygen atoms in total. The average molecular weight is 277 g/mol. The van der Waals surface area contributed by atoms with Gasteiger partial charge in [-0.05, 0) is 23.1 Å². The van der Waals surface area contributed by atoms with Crippen molar-refractivity contribution in [1.82, 2.24) is 0 Å². The number of rotatable bonds is 0. The van der Waals surface area contributed by atoms with Gasteiger partial charge in [0.2, 0.25) is 0 Å². The van der Waals surface area contributed by atoms with Gasteiger partial charge in [0.05, 0.1) is 10.8 Å². The second kappa shape index (κ2) is 4.95. The summed E-state index contributed by atoms with van der Waals surface area (Å²) in [6, 6.07) is 0. The molecule has 0 saturated carbocycles. The van der Waals surface area contributed by atoms with Crippen molar-refractivity contribution in [3.05, 3.63) is 71.4 Å². The van der Waals surface area contributed by atoms with Gasteiger partial charge in [0.15, 0.2) is 0 Å². The fraction of sp³-hybridized carbons (Fsp3) is 0.250. The van der Waals surface area contributed by atoms with E-state index in [1.165, 1.54) is 16.7 Å². The molecule has 0 aromatic carbocycles. The number of halogens is 2. The highest BCUT2D eigenvalue weighted by Crippen LogP contribution is 2.34. The van der Waals surface area contributed by atoms with E-state index in [1.54, 1.807) is 0 Å². The van der Waals surface area contributed by atoms with E-state index in [4.69, 9.17) is 23.2 Å². The third-order valence-electron chi connectivity index (χ3n) is 3.54. The van der Waals surface area contributed by atoms with Gasteiger partial charge in [-0.15, -0.1) is 23.2 Å². The lowest BCUT2D eigenvalue weighted by Crippen LogP contribution is -2.17. The van der Waals surface area contributed by atoms with Crippen molar-refractivity contribution in [3.63, 3.8) is 0 Å². The van der Waals surface area contributed by atoms with Crippen molar-refractivity contribution < 1.29 is 0 Å². The summed E-state index contributed by atoms with van der Waals surface area (Å²) in [5, 5.41) is 0.0598. The molecule has 0 N–H and O–H groups in total. The third kappa shape index (κ3) is 2.15. The number of fused-ring (bicyclic) bond motifs is 1. The first kappa shape index (κ1) is 12.1. The maximum Gasteiger partial charge on any atom is 0.0625 e. The van der Waals surface area contributed by atoms with E-state index in [9.17, 15) is 0 Å². The van der Waals surface area contributed by atoms with E-state index in [0.717, 1.165) is 6.42 Å². The van der Waals surface area contributed by atoms with Crippen LogP contribution in [-0.4, -0.2) is 10.8 Å². The summed E-state index contributed by atoms with van der Waals surface area (Å²) in [5.74, 6) is 0.247. The van der Waals surface area contributed by atoms with Crippen LogP contribution in [0.15, 0.2) is 71.4 Å². The molecule has 0 fully saturated rings. The Morgan fingerprint density at radius 2 is 1.89 bits per heavy atom. The van der Waals surface area contributed by atoms with Crippen LogP contribution in [0.4, 0.5) is 0 Å². The summed E-state index contributed by atoms with van der Waals surface area (Å²) in [4.78, 5) is 0. The quantitative estimate of drug-likeness (QED) is 0.563. The Hall–Kier alpha value is -0.980. The Bertz CT molecular complexity index is 529. The van der Waals surface area contributed by atoms with Crippen LogP contribution in [0.25, 0.3) is 0 Å². The summed E-state index contributed by atoms with van der Waals surface area (Å²) < 4.78 is 0. The molecule has 3 aliphatic carbocycles. The number of allylic oxidation sites excluding steroid dienone is 12. The summed E-state index contributed by atoms with van der Waals surface area (Å²) >= 11 is 12.9. The molecule has 3 atom stereocenters. The van der Waals surface area contributed by atoms with Gasteiger partial charge in [0.25, 0.3) is 0 Å². The van der Waals surface area contributed by atoms with E-state index < -0.39 is 0 Å². The Kier molecular flexibility index (Phi) is 3.32. The molecule has 92 valence electrons. The summed E-state index contributed by atoms with van der Waals surface area (Å²) in [7, 11) is 0. The monoisotopic (exact) mass is 276 g/mol. The molecule has 0 saturated heterocycles.